The van der Waals surface area contributed by atoms with Gasteiger partial charge in [0, 0.05) is 6.07 Å². The maximum Gasteiger partial charge on any atom is 0.307 e. The molecule has 1 aromatic carbocycles. The van der Waals surface area contributed by atoms with Gasteiger partial charge in [0.2, 0.25) is 5.91 Å². The van der Waals surface area contributed by atoms with E-state index < -0.39 is 29.5 Å². The number of halogens is 1. The van der Waals surface area contributed by atoms with Crippen LogP contribution in [0.2, 0.25) is 0 Å². The fraction of sp³-hybridized carbons (Fsp3) is 0.333. The van der Waals surface area contributed by atoms with Gasteiger partial charge >= 0.3 is 5.97 Å². The zero-order chi connectivity index (χ0) is 13.3. The van der Waals surface area contributed by atoms with Gasteiger partial charge in [-0.1, -0.05) is 0 Å². The third-order valence-corrected chi connectivity index (χ3v) is 2.88. The van der Waals surface area contributed by atoms with E-state index in [4.69, 9.17) is 9.84 Å². The van der Waals surface area contributed by atoms with E-state index in [1.807, 2.05) is 0 Å². The molecule has 2 rings (SSSR count). The van der Waals surface area contributed by atoms with Crippen molar-refractivity contribution >= 4 is 17.6 Å². The van der Waals surface area contributed by atoms with E-state index in [-0.39, 0.29) is 5.69 Å². The third-order valence-electron chi connectivity index (χ3n) is 2.88. The Hall–Kier alpha value is -2.11. The fourth-order valence-electron chi connectivity index (χ4n) is 1.71. The first-order valence-corrected chi connectivity index (χ1v) is 5.40. The van der Waals surface area contributed by atoms with Gasteiger partial charge in [-0.25, -0.2) is 4.39 Å². The molecule has 1 aliphatic rings. The lowest BCUT2D eigenvalue weighted by Crippen LogP contribution is -2.17. The monoisotopic (exact) mass is 253 g/mol. The normalized spacial score (nSPS) is 21.2. The van der Waals surface area contributed by atoms with Gasteiger partial charge in [-0.05, 0) is 18.6 Å². The summed E-state index contributed by atoms with van der Waals surface area (Å²) in [6.07, 6.45) is 0.298. The number of nitrogens with one attached hydrogen (secondary N) is 1. The maximum absolute atomic E-state index is 13.4. The number of benzene rings is 1. The van der Waals surface area contributed by atoms with Crippen molar-refractivity contribution in [1.82, 2.24) is 0 Å². The Morgan fingerprint density at radius 3 is 2.72 bits per heavy atom. The Morgan fingerprint density at radius 1 is 1.44 bits per heavy atom. The number of methoxy groups -OCH3 is 1. The lowest BCUT2D eigenvalue weighted by Gasteiger charge is -2.07. The fourth-order valence-corrected chi connectivity index (χ4v) is 1.71. The molecule has 6 heteroatoms. The van der Waals surface area contributed by atoms with Crippen LogP contribution in [0.25, 0.3) is 0 Å². The molecule has 0 aromatic heterocycles. The zero-order valence-electron chi connectivity index (χ0n) is 9.64. The van der Waals surface area contributed by atoms with Gasteiger partial charge in [0.1, 0.15) is 11.6 Å². The second-order valence-electron chi connectivity index (χ2n) is 4.12. The Kier molecular flexibility index (Phi) is 3.18. The summed E-state index contributed by atoms with van der Waals surface area (Å²) in [5.74, 6) is -2.88. The molecule has 0 bridgehead atoms. The SMILES string of the molecule is COc1ccc(F)c(NC(=O)C2CC2C(=O)O)c1. The standard InChI is InChI=1S/C12H12FNO4/c1-18-6-2-3-9(13)10(4-6)14-11(15)7-5-8(7)12(16)17/h2-4,7-8H,5H2,1H3,(H,14,15)(H,16,17). The van der Waals surface area contributed by atoms with Gasteiger partial charge in [-0.3, -0.25) is 9.59 Å². The molecule has 0 radical (unpaired) electrons. The summed E-state index contributed by atoms with van der Waals surface area (Å²) < 4.78 is 18.3. The first-order valence-electron chi connectivity index (χ1n) is 5.40. The summed E-state index contributed by atoms with van der Waals surface area (Å²) in [4.78, 5) is 22.3. The lowest BCUT2D eigenvalue weighted by atomic mass is 10.2. The number of aliphatic carboxylic acids is 1. The highest BCUT2D eigenvalue weighted by atomic mass is 19.1. The Morgan fingerprint density at radius 2 is 2.17 bits per heavy atom. The number of rotatable bonds is 4. The average molecular weight is 253 g/mol. The van der Waals surface area contributed by atoms with Crippen LogP contribution >= 0.6 is 0 Å². The van der Waals surface area contributed by atoms with Crippen molar-refractivity contribution in [2.75, 3.05) is 12.4 Å². The summed E-state index contributed by atoms with van der Waals surface area (Å²) in [7, 11) is 1.43. The smallest absolute Gasteiger partial charge is 0.307 e. The molecule has 0 spiro atoms. The largest absolute Gasteiger partial charge is 0.497 e. The summed E-state index contributed by atoms with van der Waals surface area (Å²) in [6, 6.07) is 3.96. The summed E-state index contributed by atoms with van der Waals surface area (Å²) in [5.41, 5.74) is -0.00427. The topological polar surface area (TPSA) is 75.6 Å². The van der Waals surface area contributed by atoms with Crippen LogP contribution in [0.15, 0.2) is 18.2 Å². The molecular formula is C12H12FNO4. The molecule has 18 heavy (non-hydrogen) atoms. The molecule has 2 N–H and O–H groups in total. The number of amides is 1. The summed E-state index contributed by atoms with van der Waals surface area (Å²) >= 11 is 0. The van der Waals surface area contributed by atoms with Gasteiger partial charge in [0.05, 0.1) is 24.6 Å². The van der Waals surface area contributed by atoms with E-state index in [0.29, 0.717) is 12.2 Å². The Bertz CT molecular complexity index is 503. The van der Waals surface area contributed by atoms with Gasteiger partial charge in [0.15, 0.2) is 0 Å². The van der Waals surface area contributed by atoms with Gasteiger partial charge in [0.25, 0.3) is 0 Å². The van der Waals surface area contributed by atoms with Gasteiger partial charge < -0.3 is 15.2 Å². The first kappa shape index (κ1) is 12.3. The molecule has 0 aliphatic heterocycles. The quantitative estimate of drug-likeness (QED) is 0.852. The van der Waals surface area contributed by atoms with Crippen LogP contribution in [0.1, 0.15) is 6.42 Å². The van der Waals surface area contributed by atoms with Crippen molar-refractivity contribution in [1.29, 1.82) is 0 Å². The van der Waals surface area contributed by atoms with E-state index in [1.54, 1.807) is 0 Å². The van der Waals surface area contributed by atoms with Crippen LogP contribution in [0.3, 0.4) is 0 Å². The Labute approximate surface area is 103 Å². The molecule has 1 saturated carbocycles. The average Bonchev–Trinajstić information content (AvgIpc) is 3.12. The number of hydrogen-bond donors (Lipinski definition) is 2. The van der Waals surface area contributed by atoms with Crippen molar-refractivity contribution in [3.05, 3.63) is 24.0 Å². The number of carboxylic acids is 1. The van der Waals surface area contributed by atoms with E-state index in [0.717, 1.165) is 0 Å². The minimum Gasteiger partial charge on any atom is -0.497 e. The molecule has 0 saturated heterocycles. The number of anilines is 1. The molecule has 1 fully saturated rings. The van der Waals surface area contributed by atoms with Gasteiger partial charge in [-0.15, -0.1) is 0 Å². The highest BCUT2D eigenvalue weighted by molar-refractivity contribution is 5.98. The molecule has 1 amide bonds. The predicted molar refractivity (Wildman–Crippen MR) is 60.8 cm³/mol. The number of carbonyl (C=O) groups is 2. The van der Waals surface area contributed by atoms with Crippen molar-refractivity contribution in [3.63, 3.8) is 0 Å². The highest BCUT2D eigenvalue weighted by Crippen LogP contribution is 2.39. The minimum absolute atomic E-state index is 0.00427. The second-order valence-corrected chi connectivity index (χ2v) is 4.12. The third kappa shape index (κ3) is 2.42. The number of carboxylic acid groups (broad SMARTS) is 1. The Balaban J connectivity index is 2.06. The van der Waals surface area contributed by atoms with Crippen LogP contribution in [0.5, 0.6) is 5.75 Å². The molecule has 2 unspecified atom stereocenters. The van der Waals surface area contributed by atoms with Crippen LogP contribution in [0, 0.1) is 17.7 Å². The number of hydrogen-bond acceptors (Lipinski definition) is 3. The number of ether oxygens (including phenoxy) is 1. The van der Waals surface area contributed by atoms with E-state index in [9.17, 15) is 14.0 Å². The van der Waals surface area contributed by atoms with Crippen LogP contribution in [0.4, 0.5) is 10.1 Å². The number of carbonyl (C=O) groups excluding carboxylic acids is 1. The van der Waals surface area contributed by atoms with Gasteiger partial charge in [-0.2, -0.15) is 0 Å². The molecule has 2 atom stereocenters. The van der Waals surface area contributed by atoms with Crippen molar-refractivity contribution < 1.29 is 23.8 Å². The van der Waals surface area contributed by atoms with E-state index in [1.165, 1.54) is 25.3 Å². The lowest BCUT2D eigenvalue weighted by molar-refractivity contribution is -0.139. The first-order chi connectivity index (χ1) is 8.52. The second kappa shape index (κ2) is 4.64. The molecule has 96 valence electrons. The van der Waals surface area contributed by atoms with Crippen molar-refractivity contribution in [2.24, 2.45) is 11.8 Å². The molecule has 1 aliphatic carbocycles. The molecule has 0 heterocycles. The van der Waals surface area contributed by atoms with E-state index >= 15 is 0 Å². The molecule has 1 aromatic rings. The van der Waals surface area contributed by atoms with Crippen molar-refractivity contribution in [3.8, 4) is 5.75 Å². The van der Waals surface area contributed by atoms with Crippen LogP contribution in [-0.2, 0) is 9.59 Å². The summed E-state index contributed by atoms with van der Waals surface area (Å²) in [5, 5.41) is 11.1. The zero-order valence-corrected chi connectivity index (χ0v) is 9.64. The predicted octanol–water partition coefficient (Wildman–Crippen LogP) is 1.49. The minimum atomic E-state index is -0.999. The van der Waals surface area contributed by atoms with Crippen LogP contribution in [-0.4, -0.2) is 24.1 Å². The van der Waals surface area contributed by atoms with Crippen LogP contribution < -0.4 is 10.1 Å². The molecule has 5 nitrogen and oxygen atoms in total. The van der Waals surface area contributed by atoms with E-state index in [2.05, 4.69) is 5.32 Å². The molecular weight excluding hydrogens is 241 g/mol. The van der Waals surface area contributed by atoms with Crippen molar-refractivity contribution in [2.45, 2.75) is 6.42 Å². The maximum atomic E-state index is 13.4. The summed E-state index contributed by atoms with van der Waals surface area (Å²) in [6.45, 7) is 0. The highest BCUT2D eigenvalue weighted by Gasteiger charge is 2.48.